The van der Waals surface area contributed by atoms with Crippen LogP contribution in [0.5, 0.6) is 11.5 Å². The summed E-state index contributed by atoms with van der Waals surface area (Å²) in [5, 5.41) is 3.56. The molecule has 1 N–H and O–H groups in total. The van der Waals surface area contributed by atoms with E-state index in [1.54, 1.807) is 26.0 Å². The fourth-order valence-electron chi connectivity index (χ4n) is 2.44. The third-order valence-electron chi connectivity index (χ3n) is 3.42. The van der Waals surface area contributed by atoms with Crippen LogP contribution in [0.4, 0.5) is 0 Å². The SMILES string of the molecule is COc1cc(C2CCCCN2)c(OC)cc1SC. The minimum Gasteiger partial charge on any atom is -0.496 e. The summed E-state index contributed by atoms with van der Waals surface area (Å²) < 4.78 is 11.0. The molecule has 3 nitrogen and oxygen atoms in total. The highest BCUT2D eigenvalue weighted by Gasteiger charge is 2.20. The molecule has 0 spiro atoms. The van der Waals surface area contributed by atoms with Crippen molar-refractivity contribution < 1.29 is 9.47 Å². The number of methoxy groups -OCH3 is 2. The summed E-state index contributed by atoms with van der Waals surface area (Å²) in [4.78, 5) is 1.12. The predicted molar refractivity (Wildman–Crippen MR) is 75.9 cm³/mol. The predicted octanol–water partition coefficient (Wildman–Crippen LogP) is 3.24. The minimum atomic E-state index is 0.388. The van der Waals surface area contributed by atoms with Crippen molar-refractivity contribution in [3.63, 3.8) is 0 Å². The highest BCUT2D eigenvalue weighted by molar-refractivity contribution is 7.98. The van der Waals surface area contributed by atoms with Gasteiger partial charge >= 0.3 is 0 Å². The summed E-state index contributed by atoms with van der Waals surface area (Å²) in [7, 11) is 3.46. The van der Waals surface area contributed by atoms with Crippen molar-refractivity contribution in [2.75, 3.05) is 27.0 Å². The molecule has 1 aliphatic heterocycles. The first-order valence-corrected chi connectivity index (χ1v) is 7.56. The van der Waals surface area contributed by atoms with Gasteiger partial charge in [0, 0.05) is 11.6 Å². The van der Waals surface area contributed by atoms with Gasteiger partial charge in [-0.15, -0.1) is 11.8 Å². The molecule has 1 aliphatic rings. The van der Waals surface area contributed by atoms with E-state index in [2.05, 4.69) is 23.7 Å². The van der Waals surface area contributed by atoms with Crippen LogP contribution in [-0.2, 0) is 0 Å². The second kappa shape index (κ2) is 6.34. The summed E-state index contributed by atoms with van der Waals surface area (Å²) in [5.41, 5.74) is 1.21. The van der Waals surface area contributed by atoms with Crippen molar-refractivity contribution in [1.29, 1.82) is 0 Å². The molecule has 1 unspecified atom stereocenters. The molecule has 0 aromatic heterocycles. The van der Waals surface area contributed by atoms with Crippen molar-refractivity contribution in [2.45, 2.75) is 30.2 Å². The Hall–Kier alpha value is -0.870. The average Bonchev–Trinajstić information content (AvgIpc) is 2.46. The molecule has 100 valence electrons. The number of rotatable bonds is 4. The van der Waals surface area contributed by atoms with Gasteiger partial charge in [0.1, 0.15) is 11.5 Å². The molecule has 1 saturated heterocycles. The van der Waals surface area contributed by atoms with Crippen molar-refractivity contribution >= 4 is 11.8 Å². The monoisotopic (exact) mass is 267 g/mol. The van der Waals surface area contributed by atoms with Crippen molar-refractivity contribution in [1.82, 2.24) is 5.32 Å². The zero-order chi connectivity index (χ0) is 13.0. The second-order valence-electron chi connectivity index (χ2n) is 4.45. The normalized spacial score (nSPS) is 19.6. The number of thioether (sulfide) groups is 1. The lowest BCUT2D eigenvalue weighted by molar-refractivity contribution is 0.364. The topological polar surface area (TPSA) is 30.5 Å². The summed E-state index contributed by atoms with van der Waals surface area (Å²) in [6.45, 7) is 1.08. The zero-order valence-corrected chi connectivity index (χ0v) is 12.1. The maximum atomic E-state index is 5.53. The lowest BCUT2D eigenvalue weighted by Crippen LogP contribution is -2.27. The van der Waals surface area contributed by atoms with Crippen LogP contribution in [0.1, 0.15) is 30.9 Å². The van der Waals surface area contributed by atoms with Crippen molar-refractivity contribution in [3.8, 4) is 11.5 Å². The molecule has 0 radical (unpaired) electrons. The number of nitrogens with one attached hydrogen (secondary N) is 1. The molecule has 1 atom stereocenters. The molecular weight excluding hydrogens is 246 g/mol. The summed E-state index contributed by atoms with van der Waals surface area (Å²) in [6, 6.07) is 4.58. The average molecular weight is 267 g/mol. The van der Waals surface area contributed by atoms with E-state index in [-0.39, 0.29) is 0 Å². The van der Waals surface area contributed by atoms with Crippen LogP contribution in [0.2, 0.25) is 0 Å². The maximum absolute atomic E-state index is 5.53. The fraction of sp³-hybridized carbons (Fsp3) is 0.571. The standard InChI is InChI=1S/C14H21NO2S/c1-16-12-9-14(18-3)13(17-2)8-10(12)11-6-4-5-7-15-11/h8-9,11,15H,4-7H2,1-3H3. The zero-order valence-electron chi connectivity index (χ0n) is 11.3. The van der Waals surface area contributed by atoms with Gasteiger partial charge in [-0.05, 0) is 37.8 Å². The van der Waals surface area contributed by atoms with Crippen LogP contribution in [-0.4, -0.2) is 27.0 Å². The van der Waals surface area contributed by atoms with E-state index in [0.717, 1.165) is 29.4 Å². The van der Waals surface area contributed by atoms with Crippen LogP contribution >= 0.6 is 11.8 Å². The van der Waals surface area contributed by atoms with E-state index in [0.29, 0.717) is 6.04 Å². The first-order chi connectivity index (χ1) is 8.80. The van der Waals surface area contributed by atoms with Gasteiger partial charge in [0.2, 0.25) is 0 Å². The van der Waals surface area contributed by atoms with Crippen LogP contribution in [0, 0.1) is 0 Å². The first kappa shape index (κ1) is 13.6. The molecule has 0 aliphatic carbocycles. The Labute approximate surface area is 113 Å². The number of hydrogen-bond donors (Lipinski definition) is 1. The Morgan fingerprint density at radius 1 is 1.17 bits per heavy atom. The number of piperidine rings is 1. The van der Waals surface area contributed by atoms with Gasteiger partial charge in [0.25, 0.3) is 0 Å². The van der Waals surface area contributed by atoms with Crippen LogP contribution in [0.25, 0.3) is 0 Å². The largest absolute Gasteiger partial charge is 0.496 e. The van der Waals surface area contributed by atoms with Crippen LogP contribution < -0.4 is 14.8 Å². The third-order valence-corrected chi connectivity index (χ3v) is 4.18. The molecular formula is C14H21NO2S. The van der Waals surface area contributed by atoms with E-state index in [9.17, 15) is 0 Å². The highest BCUT2D eigenvalue weighted by Crippen LogP contribution is 2.39. The van der Waals surface area contributed by atoms with Gasteiger partial charge < -0.3 is 14.8 Å². The molecule has 2 rings (SSSR count). The van der Waals surface area contributed by atoms with E-state index in [4.69, 9.17) is 9.47 Å². The highest BCUT2D eigenvalue weighted by atomic mass is 32.2. The quantitative estimate of drug-likeness (QED) is 0.848. The summed E-state index contributed by atoms with van der Waals surface area (Å²) in [5.74, 6) is 1.89. The first-order valence-electron chi connectivity index (χ1n) is 6.33. The maximum Gasteiger partial charge on any atom is 0.133 e. The molecule has 0 amide bonds. The second-order valence-corrected chi connectivity index (χ2v) is 5.30. The molecule has 1 heterocycles. The van der Waals surface area contributed by atoms with Gasteiger partial charge in [0.05, 0.1) is 19.1 Å². The Kier molecular flexibility index (Phi) is 4.78. The molecule has 0 bridgehead atoms. The van der Waals surface area contributed by atoms with Gasteiger partial charge in [-0.25, -0.2) is 0 Å². The van der Waals surface area contributed by atoms with E-state index in [1.807, 2.05) is 0 Å². The summed E-state index contributed by atoms with van der Waals surface area (Å²) in [6.07, 6.45) is 5.75. The Balaban J connectivity index is 2.37. The Morgan fingerprint density at radius 3 is 2.50 bits per heavy atom. The molecule has 4 heteroatoms. The minimum absolute atomic E-state index is 0.388. The fourth-order valence-corrected chi connectivity index (χ4v) is 3.01. The molecule has 18 heavy (non-hydrogen) atoms. The molecule has 0 saturated carbocycles. The van der Waals surface area contributed by atoms with E-state index >= 15 is 0 Å². The van der Waals surface area contributed by atoms with Crippen LogP contribution in [0.15, 0.2) is 17.0 Å². The van der Waals surface area contributed by atoms with Crippen molar-refractivity contribution in [2.24, 2.45) is 0 Å². The third kappa shape index (κ3) is 2.75. The van der Waals surface area contributed by atoms with Gasteiger partial charge in [-0.3, -0.25) is 0 Å². The number of benzene rings is 1. The Morgan fingerprint density at radius 2 is 1.94 bits per heavy atom. The van der Waals surface area contributed by atoms with Crippen LogP contribution in [0.3, 0.4) is 0 Å². The Bertz CT molecular complexity index is 403. The van der Waals surface area contributed by atoms with Crippen molar-refractivity contribution in [3.05, 3.63) is 17.7 Å². The smallest absolute Gasteiger partial charge is 0.133 e. The van der Waals surface area contributed by atoms with Gasteiger partial charge in [-0.2, -0.15) is 0 Å². The van der Waals surface area contributed by atoms with E-state index in [1.165, 1.54) is 18.4 Å². The molecule has 1 aromatic carbocycles. The van der Waals surface area contributed by atoms with Gasteiger partial charge in [0.15, 0.2) is 0 Å². The lowest BCUT2D eigenvalue weighted by atomic mass is 9.96. The van der Waals surface area contributed by atoms with E-state index < -0.39 is 0 Å². The summed E-state index contributed by atoms with van der Waals surface area (Å²) >= 11 is 1.68. The lowest BCUT2D eigenvalue weighted by Gasteiger charge is -2.26. The van der Waals surface area contributed by atoms with Gasteiger partial charge in [-0.1, -0.05) is 6.42 Å². The molecule has 1 fully saturated rings. The molecule has 1 aromatic rings. The number of ether oxygens (including phenoxy) is 2. The number of hydrogen-bond acceptors (Lipinski definition) is 4.